The lowest BCUT2D eigenvalue weighted by atomic mass is 10.1. The van der Waals surface area contributed by atoms with Crippen LogP contribution < -0.4 is 0 Å². The number of rotatable bonds is 2. The molecule has 0 saturated heterocycles. The van der Waals surface area contributed by atoms with Crippen LogP contribution in [0.1, 0.15) is 5.56 Å². The number of nitrogens with zero attached hydrogens (tertiary/aromatic N) is 2. The van der Waals surface area contributed by atoms with Crippen molar-refractivity contribution in [3.8, 4) is 11.3 Å². The Labute approximate surface area is 133 Å². The fraction of sp³-hybridized carbons (Fsp3) is 0.125. The number of halogens is 1. The highest BCUT2D eigenvalue weighted by Crippen LogP contribution is 2.29. The fourth-order valence-corrected chi connectivity index (χ4v) is 2.40. The Kier molecular flexibility index (Phi) is 3.66. The topological polar surface area (TPSA) is 29.3 Å². The molecule has 0 fully saturated rings. The van der Waals surface area contributed by atoms with E-state index in [1.807, 2.05) is 61.5 Å². The average molecular weight is 317 g/mol. The Morgan fingerprint density at radius 3 is 2.52 bits per heavy atom. The molecule has 0 atom stereocenters. The van der Waals surface area contributed by atoms with Crippen molar-refractivity contribution in [1.29, 1.82) is 0 Å². The molecule has 5 heteroatoms. The molecule has 0 radical (unpaired) electrons. The van der Waals surface area contributed by atoms with Gasteiger partial charge in [-0.1, -0.05) is 47.2 Å². The summed E-state index contributed by atoms with van der Waals surface area (Å²) in [6.45, 7) is 0. The minimum absolute atomic E-state index is 0.699. The zero-order chi connectivity index (χ0) is 15.0. The second kappa shape index (κ2) is 5.47. The van der Waals surface area contributed by atoms with Crippen molar-refractivity contribution in [3.05, 3.63) is 53.1 Å². The van der Waals surface area contributed by atoms with Gasteiger partial charge in [0.15, 0.2) is 5.58 Å². The Morgan fingerprint density at radius 2 is 1.86 bits per heavy atom. The van der Waals surface area contributed by atoms with E-state index in [0.717, 1.165) is 32.8 Å². The van der Waals surface area contributed by atoms with Gasteiger partial charge in [0.2, 0.25) is 0 Å². The molecular formula is C16H13ClN2OS. The molecule has 0 spiro atoms. The minimum atomic E-state index is 0.699. The standard InChI is InChI=1S/C16H13ClN2OS/c1-19(2)16(21)11-5-8-13-14(9-11)20-18-15(13)10-3-6-12(17)7-4-10/h3-9H,1-2H3. The molecule has 1 aromatic heterocycles. The fourth-order valence-electron chi connectivity index (χ4n) is 2.14. The lowest BCUT2D eigenvalue weighted by molar-refractivity contribution is 0.459. The van der Waals surface area contributed by atoms with Gasteiger partial charge in [0.05, 0.1) is 0 Å². The molecule has 0 N–H and O–H groups in total. The van der Waals surface area contributed by atoms with Crippen molar-refractivity contribution >= 4 is 39.8 Å². The van der Waals surface area contributed by atoms with Crippen LogP contribution in [-0.4, -0.2) is 29.1 Å². The van der Waals surface area contributed by atoms with Crippen LogP contribution in [0.3, 0.4) is 0 Å². The second-order valence-electron chi connectivity index (χ2n) is 4.95. The molecule has 0 amide bonds. The third-order valence-electron chi connectivity index (χ3n) is 3.24. The van der Waals surface area contributed by atoms with Gasteiger partial charge in [0.1, 0.15) is 10.7 Å². The van der Waals surface area contributed by atoms with Gasteiger partial charge < -0.3 is 9.42 Å². The maximum absolute atomic E-state index is 5.91. The first-order chi connectivity index (χ1) is 10.1. The summed E-state index contributed by atoms with van der Waals surface area (Å²) in [5.41, 5.74) is 3.45. The van der Waals surface area contributed by atoms with E-state index < -0.39 is 0 Å². The third-order valence-corrected chi connectivity index (χ3v) is 4.10. The van der Waals surface area contributed by atoms with Crippen LogP contribution in [0.15, 0.2) is 47.0 Å². The van der Waals surface area contributed by atoms with E-state index in [2.05, 4.69) is 5.16 Å². The summed E-state index contributed by atoms with van der Waals surface area (Å²) in [5, 5.41) is 5.83. The molecule has 0 aliphatic rings. The highest BCUT2D eigenvalue weighted by molar-refractivity contribution is 7.80. The van der Waals surface area contributed by atoms with Crippen LogP contribution in [0.25, 0.3) is 22.2 Å². The first-order valence-electron chi connectivity index (χ1n) is 6.43. The van der Waals surface area contributed by atoms with Gasteiger partial charge in [0, 0.05) is 35.6 Å². The lowest BCUT2D eigenvalue weighted by Crippen LogP contribution is -2.20. The highest BCUT2D eigenvalue weighted by atomic mass is 35.5. The number of fused-ring (bicyclic) bond motifs is 1. The maximum Gasteiger partial charge on any atom is 0.168 e. The average Bonchev–Trinajstić information content (AvgIpc) is 2.90. The van der Waals surface area contributed by atoms with Gasteiger partial charge in [-0.3, -0.25) is 0 Å². The molecule has 106 valence electrons. The van der Waals surface area contributed by atoms with Gasteiger partial charge in [-0.05, 0) is 24.3 Å². The Morgan fingerprint density at radius 1 is 1.14 bits per heavy atom. The number of aromatic nitrogens is 1. The van der Waals surface area contributed by atoms with Crippen molar-refractivity contribution in [2.24, 2.45) is 0 Å². The summed E-state index contributed by atoms with van der Waals surface area (Å²) in [5.74, 6) is 0. The van der Waals surface area contributed by atoms with Crippen LogP contribution >= 0.6 is 23.8 Å². The number of hydrogen-bond acceptors (Lipinski definition) is 3. The van der Waals surface area contributed by atoms with Crippen molar-refractivity contribution in [2.45, 2.75) is 0 Å². The molecule has 3 nitrogen and oxygen atoms in total. The molecule has 0 aliphatic heterocycles. The summed E-state index contributed by atoms with van der Waals surface area (Å²) >= 11 is 11.3. The zero-order valence-electron chi connectivity index (χ0n) is 11.6. The Bertz CT molecular complexity index is 809. The van der Waals surface area contributed by atoms with Gasteiger partial charge in [0.25, 0.3) is 0 Å². The predicted molar refractivity (Wildman–Crippen MR) is 89.8 cm³/mol. The molecule has 1 heterocycles. The number of thiocarbonyl (C=S) groups is 1. The van der Waals surface area contributed by atoms with E-state index in [1.165, 1.54) is 0 Å². The van der Waals surface area contributed by atoms with E-state index in [9.17, 15) is 0 Å². The van der Waals surface area contributed by atoms with Crippen molar-refractivity contribution < 1.29 is 4.52 Å². The van der Waals surface area contributed by atoms with Crippen LogP contribution in [0.2, 0.25) is 5.02 Å². The highest BCUT2D eigenvalue weighted by Gasteiger charge is 2.12. The molecule has 3 aromatic rings. The summed E-state index contributed by atoms with van der Waals surface area (Å²) in [7, 11) is 3.85. The summed E-state index contributed by atoms with van der Waals surface area (Å²) < 4.78 is 5.44. The largest absolute Gasteiger partial charge is 0.368 e. The van der Waals surface area contributed by atoms with E-state index >= 15 is 0 Å². The van der Waals surface area contributed by atoms with Crippen LogP contribution in [0.5, 0.6) is 0 Å². The Hall–Kier alpha value is -1.91. The maximum atomic E-state index is 5.91. The van der Waals surface area contributed by atoms with Crippen molar-refractivity contribution in [1.82, 2.24) is 10.1 Å². The summed E-state index contributed by atoms with van der Waals surface area (Å²) in [6, 6.07) is 13.4. The van der Waals surface area contributed by atoms with Gasteiger partial charge in [-0.2, -0.15) is 0 Å². The molecular weight excluding hydrogens is 304 g/mol. The summed E-state index contributed by atoms with van der Waals surface area (Å²) in [6.07, 6.45) is 0. The van der Waals surface area contributed by atoms with Gasteiger partial charge in [-0.25, -0.2) is 0 Å². The molecule has 21 heavy (non-hydrogen) atoms. The van der Waals surface area contributed by atoms with Crippen LogP contribution in [0.4, 0.5) is 0 Å². The normalized spacial score (nSPS) is 10.8. The smallest absolute Gasteiger partial charge is 0.168 e. The van der Waals surface area contributed by atoms with Gasteiger partial charge in [-0.15, -0.1) is 0 Å². The second-order valence-corrected chi connectivity index (χ2v) is 5.77. The number of benzene rings is 2. The number of hydrogen-bond donors (Lipinski definition) is 0. The Balaban J connectivity index is 2.07. The third kappa shape index (κ3) is 2.64. The molecule has 3 rings (SSSR count). The molecule has 0 bridgehead atoms. The predicted octanol–water partition coefficient (Wildman–Crippen LogP) is 4.39. The molecule has 0 unspecified atom stereocenters. The minimum Gasteiger partial charge on any atom is -0.368 e. The van der Waals surface area contributed by atoms with Crippen molar-refractivity contribution in [2.75, 3.05) is 14.1 Å². The van der Waals surface area contributed by atoms with E-state index in [1.54, 1.807) is 0 Å². The quantitative estimate of drug-likeness (QED) is 0.656. The van der Waals surface area contributed by atoms with E-state index in [4.69, 9.17) is 28.3 Å². The van der Waals surface area contributed by atoms with Gasteiger partial charge >= 0.3 is 0 Å². The molecule has 0 aliphatic carbocycles. The zero-order valence-corrected chi connectivity index (χ0v) is 13.2. The van der Waals surface area contributed by atoms with E-state index in [0.29, 0.717) is 5.02 Å². The first kappa shape index (κ1) is 14.0. The van der Waals surface area contributed by atoms with Crippen LogP contribution in [-0.2, 0) is 0 Å². The molecule has 2 aromatic carbocycles. The SMILES string of the molecule is CN(C)C(=S)c1ccc2c(-c3ccc(Cl)cc3)noc2c1. The monoisotopic (exact) mass is 316 g/mol. The first-order valence-corrected chi connectivity index (χ1v) is 7.22. The van der Waals surface area contributed by atoms with E-state index in [-0.39, 0.29) is 0 Å². The lowest BCUT2D eigenvalue weighted by Gasteiger charge is -2.13. The summed E-state index contributed by atoms with van der Waals surface area (Å²) in [4.78, 5) is 2.66. The van der Waals surface area contributed by atoms with Crippen molar-refractivity contribution in [3.63, 3.8) is 0 Å². The van der Waals surface area contributed by atoms with Crippen LogP contribution in [0, 0.1) is 0 Å². The molecule has 0 saturated carbocycles.